The maximum atomic E-state index is 13.2. The van der Waals surface area contributed by atoms with Crippen LogP contribution in [0, 0.1) is 0 Å². The fourth-order valence-corrected chi connectivity index (χ4v) is 2.10. The van der Waals surface area contributed by atoms with E-state index >= 15 is 0 Å². The molecule has 15 heavy (non-hydrogen) atoms. The average Bonchev–Trinajstić information content (AvgIpc) is 2.55. The zero-order valence-corrected chi connectivity index (χ0v) is 7.93. The Bertz CT molecular complexity index is 518. The van der Waals surface area contributed by atoms with Gasteiger partial charge in [-0.2, -0.15) is 0 Å². The number of nitrogens with zero attached hydrogens (tertiary/aromatic N) is 2. The summed E-state index contributed by atoms with van der Waals surface area (Å²) in [5.41, 5.74) is 2.23. The highest BCUT2D eigenvalue weighted by Crippen LogP contribution is 2.35. The molecule has 1 aliphatic rings. The molecule has 0 atom stereocenters. The van der Waals surface area contributed by atoms with Crippen molar-refractivity contribution < 1.29 is 8.78 Å². The van der Waals surface area contributed by atoms with Gasteiger partial charge in [-0.05, 0) is 12.0 Å². The number of aryl methyl sites for hydroxylation is 1. The summed E-state index contributed by atoms with van der Waals surface area (Å²) in [6, 6.07) is 0. The van der Waals surface area contributed by atoms with Gasteiger partial charge in [0.25, 0.3) is 5.92 Å². The number of fused-ring (bicyclic) bond motifs is 3. The van der Waals surface area contributed by atoms with E-state index in [4.69, 9.17) is 0 Å². The van der Waals surface area contributed by atoms with Crippen LogP contribution in [0.2, 0.25) is 0 Å². The number of hydrogen-bond acceptors (Lipinski definition) is 2. The molecular weight excluding hydrogens is 200 g/mol. The smallest absolute Gasteiger partial charge is 0.252 e. The topological polar surface area (TPSA) is 41.6 Å². The van der Waals surface area contributed by atoms with Gasteiger partial charge in [-0.25, -0.2) is 18.7 Å². The van der Waals surface area contributed by atoms with Crippen molar-refractivity contribution in [2.45, 2.75) is 25.2 Å². The number of alkyl halides is 2. The van der Waals surface area contributed by atoms with Crippen molar-refractivity contribution >= 4 is 11.0 Å². The Morgan fingerprint density at radius 3 is 3.13 bits per heavy atom. The van der Waals surface area contributed by atoms with Crippen LogP contribution < -0.4 is 0 Å². The number of nitrogens with one attached hydrogen (secondary N) is 1. The van der Waals surface area contributed by atoms with Crippen LogP contribution in [-0.2, 0) is 12.8 Å². The molecule has 0 spiro atoms. The molecule has 0 amide bonds. The molecule has 0 bridgehead atoms. The zero-order chi connectivity index (χ0) is 10.5. The molecule has 2 aromatic rings. The molecule has 1 N–H and O–H groups in total. The van der Waals surface area contributed by atoms with Gasteiger partial charge in [0.15, 0.2) is 0 Å². The van der Waals surface area contributed by atoms with Crippen LogP contribution >= 0.6 is 0 Å². The average molecular weight is 209 g/mol. The molecule has 0 unspecified atom stereocenters. The highest BCUT2D eigenvalue weighted by molar-refractivity contribution is 5.80. The van der Waals surface area contributed by atoms with Gasteiger partial charge in [0.1, 0.15) is 12.0 Å². The fourth-order valence-electron chi connectivity index (χ4n) is 2.10. The normalized spacial score (nSPS) is 19.1. The number of H-pyrrole nitrogens is 1. The van der Waals surface area contributed by atoms with Crippen LogP contribution in [0.25, 0.3) is 11.0 Å². The van der Waals surface area contributed by atoms with Gasteiger partial charge in [-0.15, -0.1) is 0 Å². The highest BCUT2D eigenvalue weighted by atomic mass is 19.3. The van der Waals surface area contributed by atoms with Gasteiger partial charge >= 0.3 is 0 Å². The molecule has 0 fully saturated rings. The van der Waals surface area contributed by atoms with Crippen LogP contribution in [0.1, 0.15) is 17.7 Å². The lowest BCUT2D eigenvalue weighted by atomic mass is 9.93. The quantitative estimate of drug-likeness (QED) is 0.721. The van der Waals surface area contributed by atoms with Gasteiger partial charge in [0, 0.05) is 30.1 Å². The van der Waals surface area contributed by atoms with E-state index in [1.165, 1.54) is 6.33 Å². The lowest BCUT2D eigenvalue weighted by Gasteiger charge is -2.21. The predicted octanol–water partition coefficient (Wildman–Crippen LogP) is 2.08. The molecule has 3 nitrogen and oxygen atoms in total. The number of rotatable bonds is 0. The first-order valence-corrected chi connectivity index (χ1v) is 4.83. The summed E-state index contributed by atoms with van der Waals surface area (Å²) in [6.07, 6.45) is 3.12. The van der Waals surface area contributed by atoms with Gasteiger partial charge < -0.3 is 4.98 Å². The molecule has 0 aromatic carbocycles. The second-order valence-corrected chi connectivity index (χ2v) is 3.90. The largest absolute Gasteiger partial charge is 0.343 e. The lowest BCUT2D eigenvalue weighted by molar-refractivity contribution is -0.0121. The third kappa shape index (κ3) is 1.30. The molecule has 0 radical (unpaired) electrons. The van der Waals surface area contributed by atoms with Crippen molar-refractivity contribution in [3.63, 3.8) is 0 Å². The number of aromatic nitrogens is 3. The first-order chi connectivity index (χ1) is 7.16. The van der Waals surface area contributed by atoms with E-state index in [1.54, 1.807) is 6.20 Å². The molecule has 2 aromatic heterocycles. The minimum absolute atomic E-state index is 0.0831. The van der Waals surface area contributed by atoms with Crippen LogP contribution in [0.15, 0.2) is 12.5 Å². The van der Waals surface area contributed by atoms with Crippen molar-refractivity contribution in [3.8, 4) is 0 Å². The van der Waals surface area contributed by atoms with E-state index < -0.39 is 5.92 Å². The fraction of sp³-hybridized carbons (Fsp3) is 0.400. The number of halogens is 2. The molecule has 5 heteroatoms. The van der Waals surface area contributed by atoms with Gasteiger partial charge in [0.05, 0.1) is 0 Å². The van der Waals surface area contributed by atoms with Crippen molar-refractivity contribution in [1.82, 2.24) is 15.0 Å². The lowest BCUT2D eigenvalue weighted by Crippen LogP contribution is -2.25. The monoisotopic (exact) mass is 209 g/mol. The SMILES string of the molecule is FC1(F)CCc2[nH]c3ncncc3c2C1. The standard InChI is InChI=1S/C10H9F2N3/c11-10(12)2-1-8-6(3-10)7-4-13-5-14-9(7)15-8/h4-5H,1-3H2,(H,13,14,15). The summed E-state index contributed by atoms with van der Waals surface area (Å²) in [7, 11) is 0. The van der Waals surface area contributed by atoms with Crippen LogP contribution in [0.3, 0.4) is 0 Å². The second kappa shape index (κ2) is 2.74. The summed E-state index contributed by atoms with van der Waals surface area (Å²) in [5, 5.41) is 0.729. The molecular formula is C10H9F2N3. The molecule has 1 aliphatic carbocycles. The Morgan fingerprint density at radius 1 is 1.40 bits per heavy atom. The van der Waals surface area contributed by atoms with E-state index in [0.717, 1.165) is 11.1 Å². The summed E-state index contributed by atoms with van der Waals surface area (Å²) >= 11 is 0. The summed E-state index contributed by atoms with van der Waals surface area (Å²) < 4.78 is 26.5. The minimum Gasteiger partial charge on any atom is -0.343 e. The molecule has 0 saturated carbocycles. The molecule has 2 heterocycles. The first kappa shape index (κ1) is 8.76. The van der Waals surface area contributed by atoms with E-state index in [9.17, 15) is 8.78 Å². The van der Waals surface area contributed by atoms with E-state index in [2.05, 4.69) is 15.0 Å². The van der Waals surface area contributed by atoms with Gasteiger partial charge in [-0.3, -0.25) is 0 Å². The maximum Gasteiger partial charge on any atom is 0.252 e. The van der Waals surface area contributed by atoms with Crippen molar-refractivity contribution in [3.05, 3.63) is 23.8 Å². The molecule has 3 rings (SSSR count). The molecule has 78 valence electrons. The number of hydrogen-bond donors (Lipinski definition) is 1. The molecule has 0 aliphatic heterocycles. The van der Waals surface area contributed by atoms with Gasteiger partial charge in [-0.1, -0.05) is 0 Å². The van der Waals surface area contributed by atoms with E-state index in [1.807, 2.05) is 0 Å². The van der Waals surface area contributed by atoms with Crippen molar-refractivity contribution in [2.75, 3.05) is 0 Å². The van der Waals surface area contributed by atoms with Crippen LogP contribution in [0.4, 0.5) is 8.78 Å². The van der Waals surface area contributed by atoms with Crippen molar-refractivity contribution in [1.29, 1.82) is 0 Å². The highest BCUT2D eigenvalue weighted by Gasteiger charge is 2.35. The van der Waals surface area contributed by atoms with Gasteiger partial charge in [0.2, 0.25) is 0 Å². The van der Waals surface area contributed by atoms with E-state index in [0.29, 0.717) is 17.6 Å². The van der Waals surface area contributed by atoms with Crippen molar-refractivity contribution in [2.24, 2.45) is 0 Å². The second-order valence-electron chi connectivity index (χ2n) is 3.90. The summed E-state index contributed by atoms with van der Waals surface area (Å²) in [5.74, 6) is -2.59. The maximum absolute atomic E-state index is 13.2. The minimum atomic E-state index is -2.59. The Morgan fingerprint density at radius 2 is 2.27 bits per heavy atom. The molecule has 0 saturated heterocycles. The Balaban J connectivity index is 2.22. The third-order valence-corrected chi connectivity index (χ3v) is 2.85. The third-order valence-electron chi connectivity index (χ3n) is 2.85. The van der Waals surface area contributed by atoms with Crippen LogP contribution in [0.5, 0.6) is 0 Å². The zero-order valence-electron chi connectivity index (χ0n) is 7.93. The van der Waals surface area contributed by atoms with Crippen LogP contribution in [-0.4, -0.2) is 20.9 Å². The Labute approximate surface area is 84.5 Å². The Hall–Kier alpha value is -1.52. The Kier molecular flexibility index (Phi) is 1.60. The number of aromatic amines is 1. The van der Waals surface area contributed by atoms with E-state index in [-0.39, 0.29) is 12.8 Å². The predicted molar refractivity (Wildman–Crippen MR) is 50.9 cm³/mol. The summed E-state index contributed by atoms with van der Waals surface area (Å²) in [6.45, 7) is 0. The first-order valence-electron chi connectivity index (χ1n) is 4.83. The summed E-state index contributed by atoms with van der Waals surface area (Å²) in [4.78, 5) is 11.0.